The summed E-state index contributed by atoms with van der Waals surface area (Å²) in [5.41, 5.74) is 5.27. The van der Waals surface area contributed by atoms with Crippen molar-refractivity contribution in [2.24, 2.45) is 0 Å². The van der Waals surface area contributed by atoms with E-state index in [4.69, 9.17) is 0 Å². The molecule has 0 unspecified atom stereocenters. The van der Waals surface area contributed by atoms with Crippen molar-refractivity contribution in [1.29, 1.82) is 0 Å². The van der Waals surface area contributed by atoms with Crippen LogP contribution in [0.5, 0.6) is 0 Å². The molecule has 112 valence electrons. The number of fused-ring (bicyclic) bond motifs is 8. The van der Waals surface area contributed by atoms with Crippen molar-refractivity contribution in [3.63, 3.8) is 0 Å². The molecule has 0 saturated heterocycles. The number of benzene rings is 4. The highest BCUT2D eigenvalue weighted by Crippen LogP contribution is 2.42. The molecule has 0 fully saturated rings. The second-order valence-corrected chi connectivity index (χ2v) is 6.74. The molecule has 0 N–H and O–H groups in total. The molecule has 1 nitrogen and oxygen atoms in total. The van der Waals surface area contributed by atoms with E-state index in [0.29, 0.717) is 0 Å². The topological polar surface area (TPSA) is 4.41 Å². The van der Waals surface area contributed by atoms with Gasteiger partial charge in [-0.15, -0.1) is 0 Å². The van der Waals surface area contributed by atoms with Crippen LogP contribution >= 0.6 is 0 Å². The number of nitrogens with zero attached hydrogens (tertiary/aromatic N) is 1. The molecule has 0 aliphatic rings. The van der Waals surface area contributed by atoms with Crippen LogP contribution in [0.4, 0.5) is 0 Å². The van der Waals surface area contributed by atoms with E-state index in [1.165, 1.54) is 54.4 Å². The zero-order valence-electron chi connectivity index (χ0n) is 13.4. The van der Waals surface area contributed by atoms with Crippen LogP contribution in [-0.2, 0) is 0 Å². The van der Waals surface area contributed by atoms with E-state index in [0.717, 1.165) is 0 Å². The van der Waals surface area contributed by atoms with E-state index in [1.807, 2.05) is 0 Å². The Morgan fingerprint density at radius 2 is 1.38 bits per heavy atom. The largest absolute Gasteiger partial charge is 0.308 e. The normalized spacial score (nSPS) is 12.4. The van der Waals surface area contributed by atoms with Crippen LogP contribution in [0.25, 0.3) is 48.9 Å². The second-order valence-electron chi connectivity index (χ2n) is 6.74. The lowest BCUT2D eigenvalue weighted by Crippen LogP contribution is -1.80. The minimum atomic E-state index is 1.30. The van der Waals surface area contributed by atoms with E-state index >= 15 is 0 Å². The molecule has 2 heterocycles. The molecule has 24 heavy (non-hydrogen) atoms. The smallest absolute Gasteiger partial charge is 0.0626 e. The fraction of sp³-hybridized carbons (Fsp3) is 0.0435. The highest BCUT2D eigenvalue weighted by Gasteiger charge is 2.19. The van der Waals surface area contributed by atoms with Gasteiger partial charge in [-0.05, 0) is 42.0 Å². The Morgan fingerprint density at radius 1 is 0.625 bits per heavy atom. The molecule has 0 atom stereocenters. The van der Waals surface area contributed by atoms with Gasteiger partial charge < -0.3 is 4.40 Å². The van der Waals surface area contributed by atoms with Gasteiger partial charge in [-0.3, -0.25) is 0 Å². The van der Waals surface area contributed by atoms with Crippen LogP contribution in [0.3, 0.4) is 0 Å². The van der Waals surface area contributed by atoms with Crippen molar-refractivity contribution < 1.29 is 0 Å². The number of aromatic nitrogens is 1. The zero-order chi connectivity index (χ0) is 15.8. The molecule has 6 aromatic rings. The number of aryl methyl sites for hydroxylation is 1. The predicted octanol–water partition coefficient (Wildman–Crippen LogP) is 6.30. The van der Waals surface area contributed by atoms with Gasteiger partial charge in [0.2, 0.25) is 0 Å². The minimum absolute atomic E-state index is 1.30. The first-order valence-electron chi connectivity index (χ1n) is 8.39. The fourth-order valence-electron chi connectivity index (χ4n) is 4.36. The summed E-state index contributed by atoms with van der Waals surface area (Å²) in [6.07, 6.45) is 0. The molecule has 0 saturated carbocycles. The quantitative estimate of drug-likeness (QED) is 0.310. The molecular formula is C23H15N. The summed E-state index contributed by atoms with van der Waals surface area (Å²) < 4.78 is 2.45. The van der Waals surface area contributed by atoms with Crippen molar-refractivity contribution in [2.45, 2.75) is 6.92 Å². The first kappa shape index (κ1) is 12.4. The van der Waals surface area contributed by atoms with Crippen molar-refractivity contribution in [1.82, 2.24) is 4.40 Å². The Balaban J connectivity index is 2.12. The summed E-state index contributed by atoms with van der Waals surface area (Å²) in [6, 6.07) is 26.7. The maximum Gasteiger partial charge on any atom is 0.0626 e. The number of para-hydroxylation sites is 1. The lowest BCUT2D eigenvalue weighted by Gasteiger charge is -2.02. The van der Waals surface area contributed by atoms with Gasteiger partial charge in [0.25, 0.3) is 0 Å². The SMILES string of the molecule is Cc1ccc2c(c1)c1c3ccccc3cc3c4ccccc4n2c31. The highest BCUT2D eigenvalue weighted by molar-refractivity contribution is 6.31. The summed E-state index contributed by atoms with van der Waals surface area (Å²) in [4.78, 5) is 0. The summed E-state index contributed by atoms with van der Waals surface area (Å²) in [7, 11) is 0. The number of hydrogen-bond donors (Lipinski definition) is 0. The molecule has 0 bridgehead atoms. The van der Waals surface area contributed by atoms with E-state index < -0.39 is 0 Å². The van der Waals surface area contributed by atoms with Gasteiger partial charge in [0.15, 0.2) is 0 Å². The fourth-order valence-corrected chi connectivity index (χ4v) is 4.36. The maximum absolute atomic E-state index is 2.45. The van der Waals surface area contributed by atoms with Crippen molar-refractivity contribution in [2.75, 3.05) is 0 Å². The Morgan fingerprint density at radius 3 is 2.29 bits per heavy atom. The number of rotatable bonds is 0. The first-order valence-corrected chi connectivity index (χ1v) is 8.39. The third-order valence-electron chi connectivity index (χ3n) is 5.34. The standard InChI is InChI=1S/C23H15N/c1-14-10-11-21-19(12-14)22-16-7-3-2-6-15(16)13-18-17-8-4-5-9-20(17)24(21)23(18)22/h2-13H,1H3. The van der Waals surface area contributed by atoms with Gasteiger partial charge in [0.05, 0.1) is 16.6 Å². The van der Waals surface area contributed by atoms with Crippen LogP contribution in [-0.4, -0.2) is 4.40 Å². The van der Waals surface area contributed by atoms with Crippen LogP contribution in [0, 0.1) is 6.92 Å². The average Bonchev–Trinajstić information content (AvgIpc) is 3.12. The summed E-state index contributed by atoms with van der Waals surface area (Å²) in [5.74, 6) is 0. The highest BCUT2D eigenvalue weighted by atomic mass is 14.9. The van der Waals surface area contributed by atoms with Crippen molar-refractivity contribution in [3.8, 4) is 0 Å². The molecule has 1 heteroatoms. The third-order valence-corrected chi connectivity index (χ3v) is 5.34. The van der Waals surface area contributed by atoms with E-state index in [1.54, 1.807) is 0 Å². The average molecular weight is 305 g/mol. The molecule has 6 rings (SSSR count). The third kappa shape index (κ3) is 1.32. The number of hydrogen-bond acceptors (Lipinski definition) is 0. The molecule has 0 aliphatic carbocycles. The van der Waals surface area contributed by atoms with Gasteiger partial charge in [0.1, 0.15) is 0 Å². The van der Waals surface area contributed by atoms with Crippen LogP contribution in [0.2, 0.25) is 0 Å². The van der Waals surface area contributed by atoms with Crippen molar-refractivity contribution in [3.05, 3.63) is 78.4 Å². The van der Waals surface area contributed by atoms with Crippen LogP contribution < -0.4 is 0 Å². The maximum atomic E-state index is 2.45. The van der Waals surface area contributed by atoms with Crippen LogP contribution in [0.15, 0.2) is 72.8 Å². The molecular weight excluding hydrogens is 290 g/mol. The predicted molar refractivity (Wildman–Crippen MR) is 103 cm³/mol. The van der Waals surface area contributed by atoms with Crippen LogP contribution in [0.1, 0.15) is 5.56 Å². The van der Waals surface area contributed by atoms with Crippen molar-refractivity contribution >= 4 is 48.9 Å². The molecule has 0 radical (unpaired) electrons. The Bertz CT molecular complexity index is 1400. The molecule has 2 aromatic heterocycles. The first-order chi connectivity index (χ1) is 11.8. The minimum Gasteiger partial charge on any atom is -0.308 e. The van der Waals surface area contributed by atoms with Gasteiger partial charge in [-0.25, -0.2) is 0 Å². The summed E-state index contributed by atoms with van der Waals surface area (Å²) in [5, 5.41) is 8.10. The summed E-state index contributed by atoms with van der Waals surface area (Å²) >= 11 is 0. The molecule has 0 amide bonds. The van der Waals surface area contributed by atoms with E-state index in [2.05, 4.69) is 84.1 Å². The van der Waals surface area contributed by atoms with Gasteiger partial charge in [-0.1, -0.05) is 54.1 Å². The monoisotopic (exact) mass is 305 g/mol. The Kier molecular flexibility index (Phi) is 2.10. The lowest BCUT2D eigenvalue weighted by atomic mass is 10.00. The Hall–Kier alpha value is -3.06. The molecule has 0 spiro atoms. The van der Waals surface area contributed by atoms with E-state index in [-0.39, 0.29) is 0 Å². The molecule has 4 aromatic carbocycles. The van der Waals surface area contributed by atoms with Gasteiger partial charge >= 0.3 is 0 Å². The van der Waals surface area contributed by atoms with Gasteiger partial charge in [-0.2, -0.15) is 0 Å². The zero-order valence-corrected chi connectivity index (χ0v) is 13.4. The Labute approximate surface area is 139 Å². The second kappa shape index (κ2) is 4.07. The summed E-state index contributed by atoms with van der Waals surface area (Å²) in [6.45, 7) is 2.17. The molecule has 0 aliphatic heterocycles. The van der Waals surface area contributed by atoms with E-state index in [9.17, 15) is 0 Å². The lowest BCUT2D eigenvalue weighted by molar-refractivity contribution is 1.36. The van der Waals surface area contributed by atoms with Gasteiger partial charge in [0, 0.05) is 21.5 Å².